The normalized spacial score (nSPS) is 24.4. The van der Waals surface area contributed by atoms with Crippen molar-refractivity contribution < 1.29 is 28.2 Å². The minimum atomic E-state index is -3.01. The van der Waals surface area contributed by atoms with Crippen molar-refractivity contribution in [1.82, 2.24) is 4.90 Å². The summed E-state index contributed by atoms with van der Waals surface area (Å²) in [4.78, 5) is 23.6. The fraction of sp³-hybridized carbons (Fsp3) is 0.818. The highest BCUT2D eigenvalue weighted by molar-refractivity contribution is 5.78. The number of alkyl halides is 2. The summed E-state index contributed by atoms with van der Waals surface area (Å²) in [7, 11) is 0. The number of aliphatic carboxylic acids is 1. The Morgan fingerprint density at radius 1 is 1.39 bits per heavy atom. The van der Waals surface area contributed by atoms with Gasteiger partial charge in [-0.05, 0) is 27.2 Å². The van der Waals surface area contributed by atoms with Crippen LogP contribution in [0.1, 0.15) is 27.2 Å². The van der Waals surface area contributed by atoms with Crippen molar-refractivity contribution >= 4 is 12.1 Å². The fourth-order valence-corrected chi connectivity index (χ4v) is 1.76. The minimum absolute atomic E-state index is 0.0362. The molecule has 0 bridgehead atoms. The van der Waals surface area contributed by atoms with Gasteiger partial charge in [-0.3, -0.25) is 4.79 Å². The SMILES string of the molecule is CC(C)(C)OC(=O)N1CCC(C(=O)O)(C(F)F)C1. The van der Waals surface area contributed by atoms with E-state index >= 15 is 0 Å². The predicted molar refractivity (Wildman–Crippen MR) is 58.5 cm³/mol. The molecule has 1 aliphatic heterocycles. The van der Waals surface area contributed by atoms with Crippen molar-refractivity contribution in [2.45, 2.75) is 39.2 Å². The van der Waals surface area contributed by atoms with Crippen LogP contribution in [0, 0.1) is 5.41 Å². The number of likely N-dealkylation sites (tertiary alicyclic amines) is 1. The van der Waals surface area contributed by atoms with Gasteiger partial charge in [-0.25, -0.2) is 13.6 Å². The van der Waals surface area contributed by atoms with Crippen molar-refractivity contribution in [2.75, 3.05) is 13.1 Å². The molecule has 0 aromatic carbocycles. The lowest BCUT2D eigenvalue weighted by atomic mass is 9.88. The van der Waals surface area contributed by atoms with E-state index in [4.69, 9.17) is 9.84 Å². The van der Waals surface area contributed by atoms with Gasteiger partial charge in [0.05, 0.1) is 0 Å². The molecule has 0 spiro atoms. The molecule has 0 saturated carbocycles. The van der Waals surface area contributed by atoms with Crippen LogP contribution in [0.15, 0.2) is 0 Å². The van der Waals surface area contributed by atoms with E-state index in [1.165, 1.54) is 0 Å². The number of rotatable bonds is 2. The Hall–Kier alpha value is -1.40. The van der Waals surface area contributed by atoms with Gasteiger partial charge >= 0.3 is 12.1 Å². The lowest BCUT2D eigenvalue weighted by Crippen LogP contribution is -2.43. The highest BCUT2D eigenvalue weighted by Crippen LogP contribution is 2.37. The lowest BCUT2D eigenvalue weighted by Gasteiger charge is -2.26. The summed E-state index contributed by atoms with van der Waals surface area (Å²) in [6.45, 7) is 4.40. The van der Waals surface area contributed by atoms with Gasteiger partial charge in [0.25, 0.3) is 6.43 Å². The van der Waals surface area contributed by atoms with Gasteiger partial charge in [0.15, 0.2) is 0 Å². The molecular weight excluding hydrogens is 248 g/mol. The number of nitrogens with zero attached hydrogens (tertiary/aromatic N) is 1. The average molecular weight is 265 g/mol. The number of ether oxygens (including phenoxy) is 1. The maximum absolute atomic E-state index is 12.9. The molecule has 1 unspecified atom stereocenters. The van der Waals surface area contributed by atoms with Crippen LogP contribution in [0.4, 0.5) is 13.6 Å². The number of carbonyl (C=O) groups excluding carboxylic acids is 1. The van der Waals surface area contributed by atoms with Gasteiger partial charge in [0.1, 0.15) is 11.0 Å². The second kappa shape index (κ2) is 4.70. The van der Waals surface area contributed by atoms with E-state index in [2.05, 4.69) is 0 Å². The largest absolute Gasteiger partial charge is 0.481 e. The smallest absolute Gasteiger partial charge is 0.410 e. The van der Waals surface area contributed by atoms with Crippen molar-refractivity contribution in [1.29, 1.82) is 0 Å². The number of hydrogen-bond acceptors (Lipinski definition) is 3. The summed E-state index contributed by atoms with van der Waals surface area (Å²) in [5.74, 6) is -1.58. The van der Waals surface area contributed by atoms with E-state index in [9.17, 15) is 18.4 Å². The van der Waals surface area contributed by atoms with Crippen LogP contribution in [0.2, 0.25) is 0 Å². The molecule has 1 fully saturated rings. The van der Waals surface area contributed by atoms with E-state index in [0.717, 1.165) is 4.90 Å². The second-order valence-electron chi connectivity index (χ2n) is 5.41. The molecule has 1 rings (SSSR count). The number of halogens is 2. The summed E-state index contributed by atoms with van der Waals surface area (Å²) in [6.07, 6.45) is -4.03. The lowest BCUT2D eigenvalue weighted by molar-refractivity contribution is -0.157. The van der Waals surface area contributed by atoms with Gasteiger partial charge in [-0.1, -0.05) is 0 Å². The monoisotopic (exact) mass is 265 g/mol. The second-order valence-corrected chi connectivity index (χ2v) is 5.41. The Kier molecular flexibility index (Phi) is 3.83. The highest BCUT2D eigenvalue weighted by atomic mass is 19.3. The Labute approximate surface area is 104 Å². The Bertz CT molecular complexity index is 353. The molecule has 5 nitrogen and oxygen atoms in total. The van der Waals surface area contributed by atoms with Gasteiger partial charge in [0, 0.05) is 13.1 Å². The molecule has 0 radical (unpaired) electrons. The van der Waals surface area contributed by atoms with Crippen LogP contribution in [0.25, 0.3) is 0 Å². The first-order chi connectivity index (χ1) is 8.08. The molecule has 1 amide bonds. The average Bonchev–Trinajstić information content (AvgIpc) is 2.59. The molecule has 1 saturated heterocycles. The molecule has 7 heteroatoms. The highest BCUT2D eigenvalue weighted by Gasteiger charge is 2.54. The predicted octanol–water partition coefficient (Wildman–Crippen LogP) is 1.96. The molecule has 1 heterocycles. The molecule has 1 aliphatic rings. The van der Waals surface area contributed by atoms with E-state index in [1.54, 1.807) is 20.8 Å². The topological polar surface area (TPSA) is 66.8 Å². The van der Waals surface area contributed by atoms with E-state index in [0.29, 0.717) is 0 Å². The maximum atomic E-state index is 12.9. The summed E-state index contributed by atoms with van der Waals surface area (Å²) < 4.78 is 30.7. The molecule has 18 heavy (non-hydrogen) atoms. The van der Waals surface area contributed by atoms with Crippen molar-refractivity contribution in [2.24, 2.45) is 5.41 Å². The van der Waals surface area contributed by atoms with E-state index in [1.807, 2.05) is 0 Å². The van der Waals surface area contributed by atoms with Crippen LogP contribution in [0.3, 0.4) is 0 Å². The van der Waals surface area contributed by atoms with Crippen molar-refractivity contribution in [3.8, 4) is 0 Å². The Morgan fingerprint density at radius 3 is 2.28 bits per heavy atom. The first kappa shape index (κ1) is 14.7. The van der Waals surface area contributed by atoms with Gasteiger partial charge in [0.2, 0.25) is 0 Å². The number of amides is 1. The Balaban J connectivity index is 2.76. The molecule has 0 aromatic heterocycles. The van der Waals surface area contributed by atoms with E-state index in [-0.39, 0.29) is 13.0 Å². The third-order valence-electron chi connectivity index (χ3n) is 2.80. The van der Waals surface area contributed by atoms with Crippen LogP contribution in [0.5, 0.6) is 0 Å². The first-order valence-corrected chi connectivity index (χ1v) is 5.58. The third-order valence-corrected chi connectivity index (χ3v) is 2.80. The zero-order valence-corrected chi connectivity index (χ0v) is 10.6. The molecule has 0 aliphatic carbocycles. The fourth-order valence-electron chi connectivity index (χ4n) is 1.76. The zero-order valence-electron chi connectivity index (χ0n) is 10.6. The third kappa shape index (κ3) is 2.88. The quantitative estimate of drug-likeness (QED) is 0.828. The molecule has 1 atom stereocenters. The molecule has 104 valence electrons. The summed E-state index contributed by atoms with van der Waals surface area (Å²) in [5, 5.41) is 8.91. The van der Waals surface area contributed by atoms with Crippen LogP contribution in [-0.4, -0.2) is 47.2 Å². The maximum Gasteiger partial charge on any atom is 0.410 e. The van der Waals surface area contributed by atoms with Gasteiger partial charge in [-0.2, -0.15) is 0 Å². The minimum Gasteiger partial charge on any atom is -0.481 e. The zero-order chi connectivity index (χ0) is 14.1. The van der Waals surface area contributed by atoms with Gasteiger partial charge in [-0.15, -0.1) is 0 Å². The molecule has 1 N–H and O–H groups in total. The van der Waals surface area contributed by atoms with E-state index < -0.39 is 36.0 Å². The van der Waals surface area contributed by atoms with Crippen LogP contribution < -0.4 is 0 Å². The van der Waals surface area contributed by atoms with Crippen LogP contribution >= 0.6 is 0 Å². The summed E-state index contributed by atoms with van der Waals surface area (Å²) in [5.41, 5.74) is -2.91. The van der Waals surface area contributed by atoms with Crippen LogP contribution in [-0.2, 0) is 9.53 Å². The summed E-state index contributed by atoms with van der Waals surface area (Å²) in [6, 6.07) is 0. The molecular formula is C11H17F2NO4. The number of carboxylic acid groups (broad SMARTS) is 1. The van der Waals surface area contributed by atoms with Crippen molar-refractivity contribution in [3.05, 3.63) is 0 Å². The van der Waals surface area contributed by atoms with Gasteiger partial charge < -0.3 is 14.7 Å². The van der Waals surface area contributed by atoms with Crippen molar-refractivity contribution in [3.63, 3.8) is 0 Å². The molecule has 0 aromatic rings. The first-order valence-electron chi connectivity index (χ1n) is 5.58. The number of hydrogen-bond donors (Lipinski definition) is 1. The standard InChI is InChI=1S/C11H17F2NO4/c1-10(2,3)18-9(17)14-5-4-11(6-14,7(12)13)8(15)16/h7H,4-6H2,1-3H3,(H,15,16). The Morgan fingerprint density at radius 2 is 1.94 bits per heavy atom. The summed E-state index contributed by atoms with van der Waals surface area (Å²) >= 11 is 0. The number of carbonyl (C=O) groups is 2. The number of carboxylic acids is 1.